The minimum atomic E-state index is -4.37. The number of rotatable bonds is 5. The van der Waals surface area contributed by atoms with E-state index in [4.69, 9.17) is 4.84 Å². The van der Waals surface area contributed by atoms with E-state index in [2.05, 4.69) is 24.4 Å². The maximum absolute atomic E-state index is 12.9. The molecule has 4 nitrogen and oxygen atoms in total. The van der Waals surface area contributed by atoms with Gasteiger partial charge in [0.2, 0.25) is 5.88 Å². The van der Waals surface area contributed by atoms with Gasteiger partial charge in [-0.2, -0.15) is 18.3 Å². The fraction of sp³-hybridized carbons (Fsp3) is 0.389. The zero-order valence-electron chi connectivity index (χ0n) is 14.0. The molecular formula is C18H20F3N3O. The van der Waals surface area contributed by atoms with Crippen molar-refractivity contribution in [2.24, 2.45) is 0 Å². The normalized spacial score (nSPS) is 17.7. The molecule has 0 aliphatic carbocycles. The van der Waals surface area contributed by atoms with E-state index in [0.29, 0.717) is 17.4 Å². The van der Waals surface area contributed by atoms with E-state index in [1.54, 1.807) is 23.0 Å². The molecule has 3 rings (SSSR count). The minimum absolute atomic E-state index is 0.385. The summed E-state index contributed by atoms with van der Waals surface area (Å²) >= 11 is 0. The quantitative estimate of drug-likeness (QED) is 0.834. The molecule has 0 fully saturated rings. The van der Waals surface area contributed by atoms with Gasteiger partial charge in [-0.1, -0.05) is 26.0 Å². The lowest BCUT2D eigenvalue weighted by Crippen LogP contribution is -2.14. The number of benzene rings is 1. The molecule has 0 saturated heterocycles. The van der Waals surface area contributed by atoms with Crippen LogP contribution in [0.3, 0.4) is 0 Å². The van der Waals surface area contributed by atoms with E-state index in [1.807, 2.05) is 6.07 Å². The van der Waals surface area contributed by atoms with Crippen LogP contribution in [-0.2, 0) is 11.0 Å². The number of halogens is 3. The Morgan fingerprint density at radius 2 is 2.00 bits per heavy atom. The number of nitrogens with one attached hydrogen (secondary N) is 1. The Bertz CT molecular complexity index is 763. The van der Waals surface area contributed by atoms with Gasteiger partial charge < -0.3 is 4.84 Å². The highest BCUT2D eigenvalue weighted by molar-refractivity contribution is 5.43. The van der Waals surface area contributed by atoms with Crippen LogP contribution in [0, 0.1) is 0 Å². The van der Waals surface area contributed by atoms with Crippen LogP contribution in [-0.4, -0.2) is 9.78 Å². The fourth-order valence-corrected chi connectivity index (χ4v) is 2.92. The van der Waals surface area contributed by atoms with Gasteiger partial charge in [0.05, 0.1) is 17.3 Å². The van der Waals surface area contributed by atoms with E-state index in [0.717, 1.165) is 30.7 Å². The topological polar surface area (TPSA) is 39.1 Å². The van der Waals surface area contributed by atoms with Crippen molar-refractivity contribution in [1.29, 1.82) is 0 Å². The Balaban J connectivity index is 1.81. The smallest absolute Gasteiger partial charge is 0.388 e. The van der Waals surface area contributed by atoms with Gasteiger partial charge in [-0.15, -0.1) is 5.48 Å². The maximum atomic E-state index is 12.9. The molecule has 0 saturated carbocycles. The van der Waals surface area contributed by atoms with Crippen molar-refractivity contribution >= 4 is 5.88 Å². The third-order valence-corrected chi connectivity index (χ3v) is 4.41. The van der Waals surface area contributed by atoms with Crippen LogP contribution >= 0.6 is 0 Å². The first-order valence-electron chi connectivity index (χ1n) is 8.29. The average Bonchev–Trinajstić information content (AvgIpc) is 3.25. The van der Waals surface area contributed by atoms with E-state index in [1.165, 1.54) is 6.07 Å². The summed E-state index contributed by atoms with van der Waals surface area (Å²) in [5, 5.41) is 4.52. The van der Waals surface area contributed by atoms with Gasteiger partial charge in [0.1, 0.15) is 0 Å². The fourth-order valence-electron chi connectivity index (χ4n) is 2.92. The highest BCUT2D eigenvalue weighted by Gasteiger charge is 2.31. The monoisotopic (exact) mass is 351 g/mol. The van der Waals surface area contributed by atoms with Crippen molar-refractivity contribution in [3.8, 4) is 0 Å². The summed E-state index contributed by atoms with van der Waals surface area (Å²) in [6.07, 6.45) is 1.15. The lowest BCUT2D eigenvalue weighted by Gasteiger charge is -2.11. The van der Waals surface area contributed by atoms with Crippen molar-refractivity contribution in [2.45, 2.75) is 44.8 Å². The van der Waals surface area contributed by atoms with Crippen molar-refractivity contribution in [3.05, 3.63) is 59.4 Å². The Hall–Kier alpha value is -2.28. The second kappa shape index (κ2) is 6.92. The largest absolute Gasteiger partial charge is 0.416 e. The number of hydroxylamine groups is 1. The molecule has 1 aliphatic rings. The highest BCUT2D eigenvalue weighted by atomic mass is 19.4. The van der Waals surface area contributed by atoms with Crippen LogP contribution in [0.1, 0.15) is 55.5 Å². The van der Waals surface area contributed by atoms with Crippen LogP contribution in [0.25, 0.3) is 5.88 Å². The molecule has 1 atom stereocenters. The van der Waals surface area contributed by atoms with Gasteiger partial charge in [-0.25, -0.2) is 4.68 Å². The van der Waals surface area contributed by atoms with Gasteiger partial charge in [0.15, 0.2) is 0 Å². The summed E-state index contributed by atoms with van der Waals surface area (Å²) in [6.45, 7) is 4.23. The van der Waals surface area contributed by atoms with Crippen molar-refractivity contribution in [1.82, 2.24) is 15.3 Å². The molecule has 1 N–H and O–H groups in total. The van der Waals surface area contributed by atoms with Crippen molar-refractivity contribution in [2.75, 3.05) is 0 Å². The molecule has 1 aromatic heterocycles. The van der Waals surface area contributed by atoms with Crippen LogP contribution in [0.15, 0.2) is 42.6 Å². The lowest BCUT2D eigenvalue weighted by molar-refractivity contribution is -0.137. The number of alkyl halides is 3. The summed E-state index contributed by atoms with van der Waals surface area (Å²) in [5.41, 5.74) is 3.54. The maximum Gasteiger partial charge on any atom is 0.416 e. The molecule has 2 aromatic rings. The Kier molecular flexibility index (Phi) is 4.85. The van der Waals surface area contributed by atoms with Crippen LogP contribution in [0.4, 0.5) is 13.2 Å². The summed E-state index contributed by atoms with van der Waals surface area (Å²) in [5.74, 6) is 0.843. The first-order valence-corrected chi connectivity index (χ1v) is 8.29. The molecule has 1 aliphatic heterocycles. The van der Waals surface area contributed by atoms with E-state index >= 15 is 0 Å². The van der Waals surface area contributed by atoms with Gasteiger partial charge in [0, 0.05) is 18.2 Å². The summed E-state index contributed by atoms with van der Waals surface area (Å²) in [6, 6.07) is 6.69. The standard InChI is InChI=1S/C18H20F3N3O/c1-3-12(4-2)15-8-9-24(22-15)17-11-16(23-25-17)13-6-5-7-14(10-13)18(19,20)21/h5-12,16,23H,3-4H2,1-2H3. The molecule has 0 bridgehead atoms. The summed E-state index contributed by atoms with van der Waals surface area (Å²) in [7, 11) is 0. The van der Waals surface area contributed by atoms with Crippen molar-refractivity contribution < 1.29 is 18.0 Å². The number of aromatic nitrogens is 2. The average molecular weight is 351 g/mol. The molecule has 0 spiro atoms. The van der Waals surface area contributed by atoms with Gasteiger partial charge in [-0.05, 0) is 36.6 Å². The minimum Gasteiger partial charge on any atom is -0.388 e. The first kappa shape index (κ1) is 17.5. The van der Waals surface area contributed by atoms with Gasteiger partial charge in [-0.3, -0.25) is 0 Å². The van der Waals surface area contributed by atoms with E-state index < -0.39 is 17.8 Å². The molecule has 0 amide bonds. The van der Waals surface area contributed by atoms with E-state index in [9.17, 15) is 13.2 Å². The van der Waals surface area contributed by atoms with E-state index in [-0.39, 0.29) is 0 Å². The molecule has 1 unspecified atom stereocenters. The number of nitrogens with zero attached hydrogens (tertiary/aromatic N) is 2. The van der Waals surface area contributed by atoms with Crippen LogP contribution in [0.5, 0.6) is 0 Å². The molecule has 0 radical (unpaired) electrons. The molecule has 7 heteroatoms. The lowest BCUT2D eigenvalue weighted by atomic mass is 10.0. The van der Waals surface area contributed by atoms with Gasteiger partial charge >= 0.3 is 6.18 Å². The Morgan fingerprint density at radius 3 is 2.68 bits per heavy atom. The van der Waals surface area contributed by atoms with Crippen LogP contribution in [0.2, 0.25) is 0 Å². The summed E-state index contributed by atoms with van der Waals surface area (Å²) < 4.78 is 40.2. The highest BCUT2D eigenvalue weighted by Crippen LogP contribution is 2.32. The molecular weight excluding hydrogens is 331 g/mol. The molecule has 2 heterocycles. The predicted octanol–water partition coefficient (Wildman–Crippen LogP) is 4.88. The SMILES string of the molecule is CCC(CC)c1ccn(C2=CC(c3cccc(C(F)(F)F)c3)NO2)n1. The molecule has 1 aromatic carbocycles. The second-order valence-electron chi connectivity index (χ2n) is 6.02. The Morgan fingerprint density at radius 1 is 1.24 bits per heavy atom. The molecule has 134 valence electrons. The first-order chi connectivity index (χ1) is 11.9. The number of hydrogen-bond acceptors (Lipinski definition) is 3. The third-order valence-electron chi connectivity index (χ3n) is 4.41. The predicted molar refractivity (Wildman–Crippen MR) is 88.2 cm³/mol. The summed E-state index contributed by atoms with van der Waals surface area (Å²) in [4.78, 5) is 5.42. The number of hydrogen-bond donors (Lipinski definition) is 1. The van der Waals surface area contributed by atoms with Crippen molar-refractivity contribution in [3.63, 3.8) is 0 Å². The molecule has 25 heavy (non-hydrogen) atoms. The zero-order valence-corrected chi connectivity index (χ0v) is 14.0. The third kappa shape index (κ3) is 3.71. The van der Waals surface area contributed by atoms with Crippen LogP contribution < -0.4 is 5.48 Å². The second-order valence-corrected chi connectivity index (χ2v) is 6.02. The Labute approximate surface area is 144 Å². The zero-order chi connectivity index (χ0) is 18.0. The van der Waals surface area contributed by atoms with Gasteiger partial charge in [0.25, 0.3) is 0 Å².